The van der Waals surface area contributed by atoms with Crippen molar-refractivity contribution in [2.24, 2.45) is 10.3 Å². The monoisotopic (exact) mass is 378 g/mol. The third-order valence-electron chi connectivity index (χ3n) is 4.10. The summed E-state index contributed by atoms with van der Waals surface area (Å²) in [5.41, 5.74) is 1.41. The first-order valence-corrected chi connectivity index (χ1v) is 10.4. The van der Waals surface area contributed by atoms with Gasteiger partial charge in [-0.2, -0.15) is 5.26 Å². The fourth-order valence-electron chi connectivity index (χ4n) is 2.77. The predicted octanol–water partition coefficient (Wildman–Crippen LogP) is 1.92. The van der Waals surface area contributed by atoms with Crippen molar-refractivity contribution >= 4 is 38.5 Å². The van der Waals surface area contributed by atoms with Crippen LogP contribution < -0.4 is 4.90 Å². The van der Waals surface area contributed by atoms with E-state index >= 15 is 0 Å². The SMILES string of the molecule is CCN(CC(C)C#N)C(=O)c1ccc2c(c1)SC1=NS(=O)(=O)CCN12. The Balaban J connectivity index is 1.87. The number of anilines is 1. The highest BCUT2D eigenvalue weighted by Crippen LogP contribution is 2.42. The van der Waals surface area contributed by atoms with E-state index in [1.165, 1.54) is 11.8 Å². The molecule has 0 saturated carbocycles. The van der Waals surface area contributed by atoms with Crippen molar-refractivity contribution in [2.75, 3.05) is 30.3 Å². The maximum atomic E-state index is 12.7. The molecule has 1 atom stereocenters. The first-order chi connectivity index (χ1) is 11.8. The van der Waals surface area contributed by atoms with Gasteiger partial charge in [0.25, 0.3) is 15.9 Å². The van der Waals surface area contributed by atoms with Gasteiger partial charge in [-0.1, -0.05) is 0 Å². The number of sulfonamides is 1. The molecule has 0 radical (unpaired) electrons. The van der Waals surface area contributed by atoms with Crippen molar-refractivity contribution < 1.29 is 13.2 Å². The molecule has 0 bridgehead atoms. The van der Waals surface area contributed by atoms with Gasteiger partial charge in [-0.05, 0) is 43.8 Å². The van der Waals surface area contributed by atoms with Crippen molar-refractivity contribution in [1.29, 1.82) is 5.26 Å². The zero-order chi connectivity index (χ0) is 18.2. The van der Waals surface area contributed by atoms with E-state index in [0.29, 0.717) is 30.4 Å². The summed E-state index contributed by atoms with van der Waals surface area (Å²) >= 11 is 1.27. The number of hydrogen-bond acceptors (Lipinski definition) is 6. The van der Waals surface area contributed by atoms with Gasteiger partial charge in [0.1, 0.15) is 0 Å². The normalized spacial score (nSPS) is 18.6. The predicted molar refractivity (Wildman–Crippen MR) is 97.2 cm³/mol. The first kappa shape index (κ1) is 17.8. The van der Waals surface area contributed by atoms with Gasteiger partial charge >= 0.3 is 0 Å². The third kappa shape index (κ3) is 3.50. The molecule has 1 amide bonds. The lowest BCUT2D eigenvalue weighted by Crippen LogP contribution is -2.35. The number of nitrogens with zero attached hydrogens (tertiary/aromatic N) is 4. The lowest BCUT2D eigenvalue weighted by molar-refractivity contribution is 0.0752. The van der Waals surface area contributed by atoms with Crippen LogP contribution in [-0.2, 0) is 10.0 Å². The summed E-state index contributed by atoms with van der Waals surface area (Å²) < 4.78 is 27.1. The highest BCUT2D eigenvalue weighted by Gasteiger charge is 2.33. The maximum Gasteiger partial charge on any atom is 0.257 e. The molecule has 0 aromatic heterocycles. The summed E-state index contributed by atoms with van der Waals surface area (Å²) in [6.45, 7) is 4.93. The van der Waals surface area contributed by atoms with Gasteiger partial charge in [0.05, 0.1) is 23.4 Å². The maximum absolute atomic E-state index is 12.7. The molecule has 132 valence electrons. The van der Waals surface area contributed by atoms with Crippen LogP contribution in [0, 0.1) is 17.2 Å². The molecule has 1 aromatic rings. The van der Waals surface area contributed by atoms with Crippen LogP contribution in [0.25, 0.3) is 0 Å². The molecule has 7 nitrogen and oxygen atoms in total. The Labute approximate surface area is 151 Å². The summed E-state index contributed by atoms with van der Waals surface area (Å²) in [7, 11) is -3.40. The first-order valence-electron chi connectivity index (χ1n) is 7.95. The van der Waals surface area contributed by atoms with Gasteiger partial charge in [-0.3, -0.25) is 4.79 Å². The molecule has 2 aliphatic heterocycles. The molecule has 25 heavy (non-hydrogen) atoms. The summed E-state index contributed by atoms with van der Waals surface area (Å²) in [4.78, 5) is 17.0. The number of benzene rings is 1. The number of thioether (sulfide) groups is 1. The topological polar surface area (TPSA) is 93.8 Å². The Hall–Kier alpha value is -2.05. The number of carbonyl (C=O) groups excluding carboxylic acids is 1. The molecule has 0 spiro atoms. The quantitative estimate of drug-likeness (QED) is 0.794. The van der Waals surface area contributed by atoms with Gasteiger partial charge in [-0.25, -0.2) is 8.42 Å². The lowest BCUT2D eigenvalue weighted by Gasteiger charge is -2.23. The molecule has 2 heterocycles. The van der Waals surface area contributed by atoms with Crippen LogP contribution in [0.5, 0.6) is 0 Å². The average molecular weight is 378 g/mol. The largest absolute Gasteiger partial charge is 0.338 e. The molecule has 2 aliphatic rings. The van der Waals surface area contributed by atoms with Crippen molar-refractivity contribution in [2.45, 2.75) is 18.7 Å². The van der Waals surface area contributed by atoms with E-state index in [-0.39, 0.29) is 17.6 Å². The van der Waals surface area contributed by atoms with E-state index < -0.39 is 10.0 Å². The lowest BCUT2D eigenvalue weighted by atomic mass is 10.1. The zero-order valence-electron chi connectivity index (χ0n) is 14.0. The molecular weight excluding hydrogens is 360 g/mol. The molecule has 0 aliphatic carbocycles. The van der Waals surface area contributed by atoms with Crippen LogP contribution in [-0.4, -0.2) is 49.8 Å². The Morgan fingerprint density at radius 3 is 2.96 bits per heavy atom. The molecule has 1 unspecified atom stereocenters. The zero-order valence-corrected chi connectivity index (χ0v) is 15.6. The molecule has 0 N–H and O–H groups in total. The minimum Gasteiger partial charge on any atom is -0.338 e. The number of amidine groups is 1. The fourth-order valence-corrected chi connectivity index (χ4v) is 5.07. The molecule has 9 heteroatoms. The standard InChI is InChI=1S/C16H18N4O3S2/c1-3-19(10-11(2)9-17)15(21)12-4-5-13-14(8-12)24-16-18-25(22,23)7-6-20(13)16/h4-5,8,11H,3,6-7,10H2,1-2H3. The molecule has 0 fully saturated rings. The van der Waals surface area contributed by atoms with E-state index in [0.717, 1.165) is 10.6 Å². The van der Waals surface area contributed by atoms with Crippen LogP contribution in [0.15, 0.2) is 27.5 Å². The minimum absolute atomic E-state index is 0.00710. The number of carbonyl (C=O) groups is 1. The van der Waals surface area contributed by atoms with Crippen molar-refractivity contribution in [1.82, 2.24) is 4.90 Å². The number of fused-ring (bicyclic) bond motifs is 3. The number of rotatable bonds is 4. The summed E-state index contributed by atoms with van der Waals surface area (Å²) in [5.74, 6) is -0.374. The molecule has 0 saturated heterocycles. The van der Waals surface area contributed by atoms with Crippen LogP contribution in [0.1, 0.15) is 24.2 Å². The van der Waals surface area contributed by atoms with E-state index in [9.17, 15) is 13.2 Å². The van der Waals surface area contributed by atoms with Gasteiger partial charge < -0.3 is 9.80 Å². The van der Waals surface area contributed by atoms with Crippen molar-refractivity contribution in [3.8, 4) is 6.07 Å². The van der Waals surface area contributed by atoms with Gasteiger partial charge in [0.2, 0.25) is 0 Å². The van der Waals surface area contributed by atoms with Crippen LogP contribution in [0.4, 0.5) is 5.69 Å². The summed E-state index contributed by atoms with van der Waals surface area (Å²) in [5, 5.41) is 9.40. The van der Waals surface area contributed by atoms with Gasteiger partial charge in [0.15, 0.2) is 5.17 Å². The van der Waals surface area contributed by atoms with Crippen LogP contribution in [0.3, 0.4) is 0 Å². The second kappa shape index (κ2) is 6.69. The van der Waals surface area contributed by atoms with E-state index in [1.54, 1.807) is 24.0 Å². The Kier molecular flexibility index (Phi) is 4.75. The second-order valence-corrected chi connectivity index (χ2v) is 8.73. The van der Waals surface area contributed by atoms with Gasteiger partial charge in [0, 0.05) is 30.1 Å². The number of nitriles is 1. The van der Waals surface area contributed by atoms with Crippen molar-refractivity contribution in [3.05, 3.63) is 23.8 Å². The number of hydrogen-bond donors (Lipinski definition) is 0. The summed E-state index contributed by atoms with van der Waals surface area (Å²) in [6.07, 6.45) is 0. The molecular formula is C16H18N4O3S2. The Morgan fingerprint density at radius 1 is 1.52 bits per heavy atom. The van der Waals surface area contributed by atoms with Gasteiger partial charge in [-0.15, -0.1) is 4.40 Å². The Bertz CT molecular complexity index is 889. The van der Waals surface area contributed by atoms with E-state index in [2.05, 4.69) is 10.5 Å². The summed E-state index contributed by atoms with van der Waals surface area (Å²) in [6, 6.07) is 7.49. The third-order valence-corrected chi connectivity index (χ3v) is 6.41. The fraction of sp³-hybridized carbons (Fsp3) is 0.438. The van der Waals surface area contributed by atoms with E-state index in [4.69, 9.17) is 5.26 Å². The highest BCUT2D eigenvalue weighted by molar-refractivity contribution is 8.15. The molecule has 1 aromatic carbocycles. The molecule has 3 rings (SSSR count). The van der Waals surface area contributed by atoms with E-state index in [1.807, 2.05) is 17.9 Å². The second-order valence-electron chi connectivity index (χ2n) is 5.97. The minimum atomic E-state index is -3.40. The highest BCUT2D eigenvalue weighted by atomic mass is 32.2. The van der Waals surface area contributed by atoms with Crippen LogP contribution in [0.2, 0.25) is 0 Å². The number of amides is 1. The van der Waals surface area contributed by atoms with Crippen molar-refractivity contribution in [3.63, 3.8) is 0 Å². The van der Waals surface area contributed by atoms with Crippen LogP contribution >= 0.6 is 11.8 Å². The smallest absolute Gasteiger partial charge is 0.257 e. The Morgan fingerprint density at radius 2 is 2.28 bits per heavy atom. The average Bonchev–Trinajstić information content (AvgIpc) is 2.93.